The highest BCUT2D eigenvalue weighted by atomic mass is 79.9. The third-order valence-corrected chi connectivity index (χ3v) is 5.46. The largest absolute Gasteiger partial charge is 0.398 e. The minimum Gasteiger partial charge on any atom is -0.398 e. The molecule has 0 amide bonds. The minimum atomic E-state index is -0.0354. The minimum absolute atomic E-state index is 0.0354. The second-order valence-corrected chi connectivity index (χ2v) is 6.91. The van der Waals surface area contributed by atoms with Gasteiger partial charge in [-0.3, -0.25) is 9.36 Å². The molecule has 3 rings (SSSR count). The molecule has 0 aliphatic heterocycles. The van der Waals surface area contributed by atoms with E-state index in [1.807, 2.05) is 6.07 Å². The monoisotopic (exact) mass is 379 g/mol. The Morgan fingerprint density at radius 1 is 1.35 bits per heavy atom. The van der Waals surface area contributed by atoms with E-state index < -0.39 is 0 Å². The molecule has 0 spiro atoms. The number of aromatic nitrogens is 2. The van der Waals surface area contributed by atoms with Crippen LogP contribution in [0.4, 0.5) is 5.69 Å². The van der Waals surface area contributed by atoms with Gasteiger partial charge in [-0.1, -0.05) is 19.3 Å². The van der Waals surface area contributed by atoms with Crippen LogP contribution in [-0.4, -0.2) is 23.3 Å². The number of nitrogens with two attached hydrogens (primary N) is 1. The van der Waals surface area contributed by atoms with Gasteiger partial charge in [-0.05, 0) is 40.9 Å². The summed E-state index contributed by atoms with van der Waals surface area (Å²) < 4.78 is 7.60. The summed E-state index contributed by atoms with van der Waals surface area (Å²) in [6, 6.07) is 3.63. The van der Waals surface area contributed by atoms with Crippen molar-refractivity contribution in [2.45, 2.75) is 44.6 Å². The lowest BCUT2D eigenvalue weighted by atomic mass is 9.88. The maximum atomic E-state index is 13.1. The fourth-order valence-corrected chi connectivity index (χ4v) is 3.88. The molecule has 0 atom stereocenters. The van der Waals surface area contributed by atoms with Crippen LogP contribution in [0.3, 0.4) is 0 Å². The van der Waals surface area contributed by atoms with Crippen LogP contribution >= 0.6 is 15.9 Å². The smallest absolute Gasteiger partial charge is 0.262 e. The van der Waals surface area contributed by atoms with Crippen molar-refractivity contribution in [2.24, 2.45) is 0 Å². The van der Waals surface area contributed by atoms with Crippen molar-refractivity contribution < 1.29 is 4.74 Å². The van der Waals surface area contributed by atoms with Crippen LogP contribution in [0.2, 0.25) is 0 Å². The van der Waals surface area contributed by atoms with E-state index in [0.29, 0.717) is 40.1 Å². The molecule has 2 aromatic rings. The summed E-state index contributed by atoms with van der Waals surface area (Å²) in [5.74, 6) is 1.25. The number of nitrogens with zero attached hydrogens (tertiary/aromatic N) is 2. The van der Waals surface area contributed by atoms with Gasteiger partial charge in [0.25, 0.3) is 5.56 Å². The number of methoxy groups -OCH3 is 1. The van der Waals surface area contributed by atoms with Crippen LogP contribution in [-0.2, 0) is 11.3 Å². The molecule has 1 aliphatic rings. The standard InChI is InChI=1S/C17H22BrN3O2/c1-23-10-9-21-16(11-5-3-2-4-6-11)20-13-8-7-12(19)15(18)14(13)17(21)22/h7-8,11H,2-6,9-10,19H2,1H3. The average Bonchev–Trinajstić information content (AvgIpc) is 2.57. The first-order valence-corrected chi connectivity index (χ1v) is 8.90. The first-order valence-electron chi connectivity index (χ1n) is 8.11. The van der Waals surface area contributed by atoms with E-state index in [0.717, 1.165) is 18.7 Å². The van der Waals surface area contributed by atoms with Crippen LogP contribution in [0.5, 0.6) is 0 Å². The molecule has 23 heavy (non-hydrogen) atoms. The average molecular weight is 380 g/mol. The molecule has 1 aromatic heterocycles. The van der Waals surface area contributed by atoms with Crippen molar-refractivity contribution in [3.05, 3.63) is 32.8 Å². The Morgan fingerprint density at radius 2 is 2.09 bits per heavy atom. The zero-order valence-corrected chi connectivity index (χ0v) is 14.9. The highest BCUT2D eigenvalue weighted by Crippen LogP contribution is 2.33. The Morgan fingerprint density at radius 3 is 2.78 bits per heavy atom. The van der Waals surface area contributed by atoms with Crippen molar-refractivity contribution >= 4 is 32.5 Å². The molecule has 5 nitrogen and oxygen atoms in total. The molecular formula is C17H22BrN3O2. The quantitative estimate of drug-likeness (QED) is 0.825. The fraction of sp³-hybridized carbons (Fsp3) is 0.529. The number of rotatable bonds is 4. The first-order chi connectivity index (χ1) is 11.1. The number of hydrogen-bond acceptors (Lipinski definition) is 4. The van der Waals surface area contributed by atoms with Crippen LogP contribution in [0.25, 0.3) is 10.9 Å². The van der Waals surface area contributed by atoms with E-state index in [9.17, 15) is 4.79 Å². The molecule has 1 fully saturated rings. The van der Waals surface area contributed by atoms with Gasteiger partial charge in [-0.25, -0.2) is 4.98 Å². The molecule has 6 heteroatoms. The summed E-state index contributed by atoms with van der Waals surface area (Å²) >= 11 is 3.44. The number of anilines is 1. The van der Waals surface area contributed by atoms with Crippen molar-refractivity contribution in [1.82, 2.24) is 9.55 Å². The van der Waals surface area contributed by atoms with E-state index >= 15 is 0 Å². The van der Waals surface area contributed by atoms with E-state index in [4.69, 9.17) is 15.5 Å². The first kappa shape index (κ1) is 16.5. The molecule has 0 bridgehead atoms. The summed E-state index contributed by atoms with van der Waals surface area (Å²) in [4.78, 5) is 17.9. The maximum absolute atomic E-state index is 13.1. The Labute approximate surface area is 144 Å². The van der Waals surface area contributed by atoms with Gasteiger partial charge in [0.15, 0.2) is 0 Å². The normalized spacial score (nSPS) is 16.1. The SMILES string of the molecule is COCCn1c(C2CCCCC2)nc2ccc(N)c(Br)c2c1=O. The van der Waals surface area contributed by atoms with E-state index in [1.165, 1.54) is 19.3 Å². The van der Waals surface area contributed by atoms with Gasteiger partial charge in [0.1, 0.15) is 5.82 Å². The van der Waals surface area contributed by atoms with Gasteiger partial charge in [-0.15, -0.1) is 0 Å². The lowest BCUT2D eigenvalue weighted by Crippen LogP contribution is -2.29. The summed E-state index contributed by atoms with van der Waals surface area (Å²) in [6.07, 6.45) is 5.87. The van der Waals surface area contributed by atoms with Gasteiger partial charge in [0, 0.05) is 18.7 Å². The third kappa shape index (κ3) is 3.15. The molecule has 1 aliphatic carbocycles. The van der Waals surface area contributed by atoms with Gasteiger partial charge in [0.2, 0.25) is 0 Å². The highest BCUT2D eigenvalue weighted by Gasteiger charge is 2.23. The van der Waals surface area contributed by atoms with E-state index in [-0.39, 0.29) is 5.56 Å². The lowest BCUT2D eigenvalue weighted by molar-refractivity contribution is 0.184. The second kappa shape index (κ2) is 7.01. The van der Waals surface area contributed by atoms with Crippen LogP contribution in [0, 0.1) is 0 Å². The maximum Gasteiger partial charge on any atom is 0.262 e. The summed E-state index contributed by atoms with van der Waals surface area (Å²) in [5.41, 5.74) is 7.17. The van der Waals surface area contributed by atoms with Gasteiger partial charge in [-0.2, -0.15) is 0 Å². The predicted octanol–water partition coefficient (Wildman–Crippen LogP) is 3.44. The molecule has 0 unspecified atom stereocenters. The Balaban J connectivity index is 2.20. The highest BCUT2D eigenvalue weighted by molar-refractivity contribution is 9.10. The topological polar surface area (TPSA) is 70.1 Å². The predicted molar refractivity (Wildman–Crippen MR) is 95.8 cm³/mol. The van der Waals surface area contributed by atoms with E-state index in [2.05, 4.69) is 15.9 Å². The molecule has 0 radical (unpaired) electrons. The molecule has 2 N–H and O–H groups in total. The van der Waals surface area contributed by atoms with Gasteiger partial charge >= 0.3 is 0 Å². The summed E-state index contributed by atoms with van der Waals surface area (Å²) in [5, 5.41) is 0.556. The molecule has 0 saturated heterocycles. The Hall–Kier alpha value is -1.40. The van der Waals surface area contributed by atoms with Crippen molar-refractivity contribution in [3.8, 4) is 0 Å². The molecule has 124 valence electrons. The zero-order chi connectivity index (χ0) is 16.4. The molecule has 1 heterocycles. The van der Waals surface area contributed by atoms with Gasteiger partial charge in [0.05, 0.1) is 28.5 Å². The van der Waals surface area contributed by atoms with Gasteiger partial charge < -0.3 is 10.5 Å². The van der Waals surface area contributed by atoms with Crippen LogP contribution in [0.1, 0.15) is 43.8 Å². The van der Waals surface area contributed by atoms with Crippen LogP contribution in [0.15, 0.2) is 21.4 Å². The number of benzene rings is 1. The number of nitrogen functional groups attached to an aromatic ring is 1. The summed E-state index contributed by atoms with van der Waals surface area (Å²) in [6.45, 7) is 1.01. The van der Waals surface area contributed by atoms with Crippen LogP contribution < -0.4 is 11.3 Å². The molecular weight excluding hydrogens is 358 g/mol. The van der Waals surface area contributed by atoms with Crippen molar-refractivity contribution in [3.63, 3.8) is 0 Å². The van der Waals surface area contributed by atoms with E-state index in [1.54, 1.807) is 17.7 Å². The number of fused-ring (bicyclic) bond motifs is 1. The Bertz CT molecular complexity index is 767. The fourth-order valence-electron chi connectivity index (χ4n) is 3.37. The second-order valence-electron chi connectivity index (χ2n) is 6.12. The Kier molecular flexibility index (Phi) is 5.02. The number of hydrogen-bond donors (Lipinski definition) is 1. The van der Waals surface area contributed by atoms with Crippen molar-refractivity contribution in [2.75, 3.05) is 19.5 Å². The number of ether oxygens (including phenoxy) is 1. The van der Waals surface area contributed by atoms with Crippen molar-refractivity contribution in [1.29, 1.82) is 0 Å². The third-order valence-electron chi connectivity index (χ3n) is 4.61. The number of halogens is 1. The lowest BCUT2D eigenvalue weighted by Gasteiger charge is -2.24. The summed E-state index contributed by atoms with van der Waals surface area (Å²) in [7, 11) is 1.65. The molecule has 1 aromatic carbocycles. The molecule has 1 saturated carbocycles. The zero-order valence-electron chi connectivity index (χ0n) is 13.3.